The topological polar surface area (TPSA) is 50.4 Å². The summed E-state index contributed by atoms with van der Waals surface area (Å²) in [7, 11) is 1.83. The van der Waals surface area contributed by atoms with Crippen molar-refractivity contribution in [2.45, 2.75) is 32.4 Å². The van der Waals surface area contributed by atoms with Crippen LogP contribution in [0.3, 0.4) is 0 Å². The molecule has 1 unspecified atom stereocenters. The monoisotopic (exact) mass is 322 g/mol. The minimum Gasteiger partial charge on any atom is -0.435 e. The first-order valence-electron chi connectivity index (χ1n) is 6.49. The summed E-state index contributed by atoms with van der Waals surface area (Å²) in [4.78, 5) is 11.6. The number of carbonyl (C=O) groups is 1. The number of hydrogen-bond donors (Lipinski definition) is 2. The molecule has 0 saturated heterocycles. The molecule has 0 aliphatic rings. The Hall–Kier alpha value is -1.40. The van der Waals surface area contributed by atoms with Gasteiger partial charge in [0.25, 0.3) is 0 Å². The fourth-order valence-electron chi connectivity index (χ4n) is 1.55. The maximum Gasteiger partial charge on any atom is 0.387 e. The first kappa shape index (κ1) is 19.6. The molecule has 0 bridgehead atoms. The van der Waals surface area contributed by atoms with Gasteiger partial charge in [0.15, 0.2) is 0 Å². The van der Waals surface area contributed by atoms with E-state index in [0.29, 0.717) is 19.4 Å². The maximum absolute atomic E-state index is 12.0. The molecule has 0 aliphatic heterocycles. The van der Waals surface area contributed by atoms with E-state index in [9.17, 15) is 13.6 Å². The van der Waals surface area contributed by atoms with E-state index in [4.69, 9.17) is 0 Å². The third-order valence-electron chi connectivity index (χ3n) is 2.89. The number of aryl methyl sites for hydroxylation is 1. The van der Waals surface area contributed by atoms with Crippen LogP contribution in [0.4, 0.5) is 8.78 Å². The smallest absolute Gasteiger partial charge is 0.387 e. The Labute approximate surface area is 129 Å². The third kappa shape index (κ3) is 8.47. The van der Waals surface area contributed by atoms with Crippen LogP contribution in [0.1, 0.15) is 18.9 Å². The molecule has 2 N–H and O–H groups in total. The highest BCUT2D eigenvalue weighted by atomic mass is 35.5. The molecule has 0 heterocycles. The Bertz CT molecular complexity index is 416. The molecule has 1 aromatic carbocycles. The zero-order valence-corrected chi connectivity index (χ0v) is 12.9. The Morgan fingerprint density at radius 2 is 1.90 bits per heavy atom. The summed E-state index contributed by atoms with van der Waals surface area (Å²) in [5.41, 5.74) is 0.906. The molecule has 0 aliphatic carbocycles. The molecule has 21 heavy (non-hydrogen) atoms. The molecular formula is C14H21ClF2N2O2. The van der Waals surface area contributed by atoms with Gasteiger partial charge in [0, 0.05) is 19.0 Å². The molecule has 7 heteroatoms. The van der Waals surface area contributed by atoms with Gasteiger partial charge in [-0.05, 0) is 38.1 Å². The molecule has 0 spiro atoms. The van der Waals surface area contributed by atoms with Crippen molar-refractivity contribution in [3.05, 3.63) is 29.8 Å². The van der Waals surface area contributed by atoms with E-state index in [2.05, 4.69) is 15.4 Å². The molecule has 1 amide bonds. The van der Waals surface area contributed by atoms with E-state index in [1.165, 1.54) is 12.1 Å². The van der Waals surface area contributed by atoms with Crippen LogP contribution in [0.2, 0.25) is 0 Å². The molecule has 4 nitrogen and oxygen atoms in total. The lowest BCUT2D eigenvalue weighted by molar-refractivity contribution is -0.121. The number of amides is 1. The van der Waals surface area contributed by atoms with Crippen molar-refractivity contribution in [3.8, 4) is 5.75 Å². The van der Waals surface area contributed by atoms with Gasteiger partial charge in [-0.3, -0.25) is 4.79 Å². The summed E-state index contributed by atoms with van der Waals surface area (Å²) in [6.07, 6.45) is 0.931. The quantitative estimate of drug-likeness (QED) is 0.772. The number of likely N-dealkylation sites (N-methyl/N-ethyl adjacent to an activating group) is 1. The zero-order chi connectivity index (χ0) is 15.0. The number of benzene rings is 1. The summed E-state index contributed by atoms with van der Waals surface area (Å²) in [5, 5.41) is 5.84. The predicted molar refractivity (Wildman–Crippen MR) is 80.2 cm³/mol. The minimum atomic E-state index is -2.82. The van der Waals surface area contributed by atoms with Crippen molar-refractivity contribution in [1.82, 2.24) is 10.6 Å². The summed E-state index contributed by atoms with van der Waals surface area (Å²) >= 11 is 0. The molecule has 0 radical (unpaired) electrons. The molecule has 0 aromatic heterocycles. The predicted octanol–water partition coefficient (Wildman–Crippen LogP) is 2.37. The fourth-order valence-corrected chi connectivity index (χ4v) is 1.55. The van der Waals surface area contributed by atoms with Crippen LogP contribution in [0, 0.1) is 0 Å². The Kier molecular flexibility index (Phi) is 9.65. The number of ether oxygens (including phenoxy) is 1. The van der Waals surface area contributed by atoms with Crippen molar-refractivity contribution in [2.75, 3.05) is 13.6 Å². The molecule has 1 rings (SSSR count). The van der Waals surface area contributed by atoms with Crippen molar-refractivity contribution >= 4 is 18.3 Å². The number of carbonyl (C=O) groups excluding carboxylic acids is 1. The van der Waals surface area contributed by atoms with E-state index in [1.54, 1.807) is 12.1 Å². The summed E-state index contributed by atoms with van der Waals surface area (Å²) < 4.78 is 28.2. The first-order valence-corrected chi connectivity index (χ1v) is 6.49. The second-order valence-corrected chi connectivity index (χ2v) is 4.52. The van der Waals surface area contributed by atoms with Crippen LogP contribution in [0.25, 0.3) is 0 Å². The van der Waals surface area contributed by atoms with Crippen LogP contribution in [0.5, 0.6) is 5.75 Å². The third-order valence-corrected chi connectivity index (χ3v) is 2.89. The van der Waals surface area contributed by atoms with Gasteiger partial charge < -0.3 is 15.4 Å². The number of nitrogens with one attached hydrogen (secondary N) is 2. The average Bonchev–Trinajstić information content (AvgIpc) is 2.43. The molecule has 0 fully saturated rings. The van der Waals surface area contributed by atoms with Crippen LogP contribution >= 0.6 is 12.4 Å². The molecule has 120 valence electrons. The van der Waals surface area contributed by atoms with Crippen LogP contribution in [0.15, 0.2) is 24.3 Å². The highest BCUT2D eigenvalue weighted by molar-refractivity contribution is 5.85. The second kappa shape index (κ2) is 10.3. The van der Waals surface area contributed by atoms with Crippen molar-refractivity contribution in [2.24, 2.45) is 0 Å². The lowest BCUT2D eigenvalue weighted by Crippen LogP contribution is -2.37. The van der Waals surface area contributed by atoms with Gasteiger partial charge in [0.05, 0.1) is 0 Å². The van der Waals surface area contributed by atoms with Crippen molar-refractivity contribution in [1.29, 1.82) is 0 Å². The number of alkyl halides is 2. The largest absolute Gasteiger partial charge is 0.435 e. The maximum atomic E-state index is 12.0. The van der Waals surface area contributed by atoms with Gasteiger partial charge in [-0.15, -0.1) is 12.4 Å². The van der Waals surface area contributed by atoms with E-state index >= 15 is 0 Å². The Morgan fingerprint density at radius 1 is 1.29 bits per heavy atom. The Morgan fingerprint density at radius 3 is 2.43 bits per heavy atom. The van der Waals surface area contributed by atoms with Crippen molar-refractivity contribution in [3.63, 3.8) is 0 Å². The highest BCUT2D eigenvalue weighted by Crippen LogP contribution is 2.15. The standard InChI is InChI=1S/C14H20F2N2O2.ClH/c1-10(17-2)9-18-13(19)8-5-11-3-6-12(7-4-11)20-14(15)16;/h3-4,6-7,10,14,17H,5,8-9H2,1-2H3,(H,18,19);1H. The van der Waals surface area contributed by atoms with E-state index in [1.807, 2.05) is 14.0 Å². The first-order chi connectivity index (χ1) is 9.51. The minimum absolute atomic E-state index is 0. The fraction of sp³-hybridized carbons (Fsp3) is 0.500. The lowest BCUT2D eigenvalue weighted by atomic mass is 10.1. The van der Waals surface area contributed by atoms with Gasteiger partial charge in [-0.1, -0.05) is 12.1 Å². The van der Waals surface area contributed by atoms with Gasteiger partial charge in [-0.2, -0.15) is 8.78 Å². The summed E-state index contributed by atoms with van der Waals surface area (Å²) in [5.74, 6) is 0.0936. The Balaban J connectivity index is 0.00000400. The molecule has 0 saturated carbocycles. The van der Waals surface area contributed by atoms with Crippen LogP contribution < -0.4 is 15.4 Å². The summed E-state index contributed by atoms with van der Waals surface area (Å²) in [6, 6.07) is 6.54. The van der Waals surface area contributed by atoms with Crippen LogP contribution in [-0.2, 0) is 11.2 Å². The van der Waals surface area contributed by atoms with E-state index in [0.717, 1.165) is 5.56 Å². The normalized spacial score (nSPS) is 11.7. The average molecular weight is 323 g/mol. The molecular weight excluding hydrogens is 302 g/mol. The number of halogens is 3. The second-order valence-electron chi connectivity index (χ2n) is 4.52. The number of hydrogen-bond acceptors (Lipinski definition) is 3. The van der Waals surface area contributed by atoms with E-state index in [-0.39, 0.29) is 30.1 Å². The zero-order valence-electron chi connectivity index (χ0n) is 12.1. The number of rotatable bonds is 8. The lowest BCUT2D eigenvalue weighted by Gasteiger charge is -2.11. The van der Waals surface area contributed by atoms with Crippen LogP contribution in [-0.4, -0.2) is 32.2 Å². The van der Waals surface area contributed by atoms with Gasteiger partial charge in [-0.25, -0.2) is 0 Å². The molecule has 1 aromatic rings. The van der Waals surface area contributed by atoms with Gasteiger partial charge >= 0.3 is 6.61 Å². The highest BCUT2D eigenvalue weighted by Gasteiger charge is 2.06. The summed E-state index contributed by atoms with van der Waals surface area (Å²) in [6.45, 7) is -0.265. The van der Waals surface area contributed by atoms with E-state index < -0.39 is 6.61 Å². The SMILES string of the molecule is CNC(C)CNC(=O)CCc1ccc(OC(F)F)cc1.Cl. The molecule has 1 atom stereocenters. The van der Waals surface area contributed by atoms with Gasteiger partial charge in [0.2, 0.25) is 5.91 Å². The van der Waals surface area contributed by atoms with Gasteiger partial charge in [0.1, 0.15) is 5.75 Å². The van der Waals surface area contributed by atoms with Crippen molar-refractivity contribution < 1.29 is 18.3 Å².